The molecule has 0 unspecified atom stereocenters. The minimum Gasteiger partial charge on any atom is -0.456 e. The van der Waals surface area contributed by atoms with Crippen LogP contribution >= 0.6 is 11.6 Å². The van der Waals surface area contributed by atoms with Gasteiger partial charge in [-0.2, -0.15) is 4.98 Å². The lowest BCUT2D eigenvalue weighted by molar-refractivity contribution is -0.118. The van der Waals surface area contributed by atoms with Crippen molar-refractivity contribution in [2.24, 2.45) is 0 Å². The molecular weight excluding hydrogens is 461 g/mol. The van der Waals surface area contributed by atoms with Crippen LogP contribution in [0.15, 0.2) is 18.3 Å². The van der Waals surface area contributed by atoms with Gasteiger partial charge in [-0.05, 0) is 45.7 Å². The maximum Gasteiger partial charge on any atom is 0.341 e. The van der Waals surface area contributed by atoms with Gasteiger partial charge in [-0.3, -0.25) is 4.79 Å². The summed E-state index contributed by atoms with van der Waals surface area (Å²) in [6.45, 7) is 5.69. The first-order valence-electron chi connectivity index (χ1n) is 11.4. The van der Waals surface area contributed by atoms with Crippen molar-refractivity contribution >= 4 is 46.6 Å². The van der Waals surface area contributed by atoms with Crippen LogP contribution in [0.1, 0.15) is 63.2 Å². The molecule has 10 heteroatoms. The SMILES string of the molecule is CN1C(=O)CCN(C2CCCC2)c2nc(Nc3cc(F)c(C(=O)OC(C)(C)C)cc3Cl)ncc21. The van der Waals surface area contributed by atoms with Crippen molar-refractivity contribution in [2.45, 2.75) is 64.5 Å². The highest BCUT2D eigenvalue weighted by molar-refractivity contribution is 6.33. The first kappa shape index (κ1) is 24.2. The van der Waals surface area contributed by atoms with E-state index < -0.39 is 17.4 Å². The average molecular weight is 490 g/mol. The monoisotopic (exact) mass is 489 g/mol. The van der Waals surface area contributed by atoms with Crippen LogP contribution in [0.3, 0.4) is 0 Å². The first-order valence-corrected chi connectivity index (χ1v) is 11.8. The Bertz CT molecular complexity index is 1110. The molecule has 34 heavy (non-hydrogen) atoms. The summed E-state index contributed by atoms with van der Waals surface area (Å²) >= 11 is 6.35. The van der Waals surface area contributed by atoms with E-state index in [0.29, 0.717) is 30.5 Å². The molecule has 4 rings (SSSR count). The predicted molar refractivity (Wildman–Crippen MR) is 130 cm³/mol. The summed E-state index contributed by atoms with van der Waals surface area (Å²) in [7, 11) is 1.72. The van der Waals surface area contributed by atoms with E-state index in [1.807, 2.05) is 0 Å². The molecule has 0 spiro atoms. The molecule has 1 amide bonds. The third kappa shape index (κ3) is 5.09. The molecule has 0 saturated heterocycles. The molecule has 2 aliphatic rings. The fourth-order valence-electron chi connectivity index (χ4n) is 4.32. The van der Waals surface area contributed by atoms with Gasteiger partial charge in [0.1, 0.15) is 17.1 Å². The number of carbonyl (C=O) groups is 2. The zero-order valence-corrected chi connectivity index (χ0v) is 20.6. The van der Waals surface area contributed by atoms with Crippen molar-refractivity contribution in [3.8, 4) is 0 Å². The summed E-state index contributed by atoms with van der Waals surface area (Å²) in [5.74, 6) is -0.669. The van der Waals surface area contributed by atoms with Gasteiger partial charge in [0.15, 0.2) is 5.82 Å². The summed E-state index contributed by atoms with van der Waals surface area (Å²) in [5, 5.41) is 3.08. The Morgan fingerprint density at radius 3 is 2.65 bits per heavy atom. The van der Waals surface area contributed by atoms with Gasteiger partial charge in [0.05, 0.1) is 22.5 Å². The predicted octanol–water partition coefficient (Wildman–Crippen LogP) is 5.08. The molecule has 8 nitrogen and oxygen atoms in total. The molecule has 2 aromatic rings. The van der Waals surface area contributed by atoms with Gasteiger partial charge >= 0.3 is 5.97 Å². The summed E-state index contributed by atoms with van der Waals surface area (Å²) in [6.07, 6.45) is 6.38. The molecule has 0 atom stereocenters. The zero-order chi connectivity index (χ0) is 24.6. The normalized spacial score (nSPS) is 16.9. The van der Waals surface area contributed by atoms with E-state index in [0.717, 1.165) is 31.7 Å². The van der Waals surface area contributed by atoms with Gasteiger partial charge < -0.3 is 19.9 Å². The minimum absolute atomic E-state index is 0.00824. The number of esters is 1. The Labute approximate surface area is 203 Å². The summed E-state index contributed by atoms with van der Waals surface area (Å²) < 4.78 is 20.0. The molecule has 1 aromatic carbocycles. The lowest BCUT2D eigenvalue weighted by Gasteiger charge is -2.30. The fraction of sp³-hybridized carbons (Fsp3) is 0.500. The van der Waals surface area contributed by atoms with Crippen LogP contribution < -0.4 is 15.1 Å². The summed E-state index contributed by atoms with van der Waals surface area (Å²) in [6, 6.07) is 2.67. The Kier molecular flexibility index (Phi) is 6.66. The highest BCUT2D eigenvalue weighted by atomic mass is 35.5. The molecule has 2 heterocycles. The molecule has 1 aliphatic carbocycles. The number of amides is 1. The first-order chi connectivity index (χ1) is 16.0. The van der Waals surface area contributed by atoms with Crippen LogP contribution in [-0.2, 0) is 9.53 Å². The molecule has 0 radical (unpaired) electrons. The number of carbonyl (C=O) groups excluding carboxylic acids is 2. The smallest absolute Gasteiger partial charge is 0.341 e. The van der Waals surface area contributed by atoms with Crippen molar-refractivity contribution in [1.29, 1.82) is 0 Å². The largest absolute Gasteiger partial charge is 0.456 e. The molecule has 0 bridgehead atoms. The van der Waals surface area contributed by atoms with E-state index in [4.69, 9.17) is 21.3 Å². The van der Waals surface area contributed by atoms with Gasteiger partial charge in [-0.25, -0.2) is 14.2 Å². The Morgan fingerprint density at radius 2 is 1.97 bits per heavy atom. The number of nitrogens with one attached hydrogen (secondary N) is 1. The van der Waals surface area contributed by atoms with E-state index in [1.54, 1.807) is 38.9 Å². The Morgan fingerprint density at radius 1 is 1.26 bits per heavy atom. The number of hydrogen-bond acceptors (Lipinski definition) is 7. The van der Waals surface area contributed by atoms with Crippen molar-refractivity contribution in [2.75, 3.05) is 28.7 Å². The van der Waals surface area contributed by atoms with E-state index in [9.17, 15) is 14.0 Å². The number of fused-ring (bicyclic) bond motifs is 1. The number of rotatable bonds is 4. The second kappa shape index (κ2) is 9.37. The van der Waals surface area contributed by atoms with E-state index in [2.05, 4.69) is 15.2 Å². The number of anilines is 4. The Balaban J connectivity index is 1.64. The minimum atomic E-state index is -0.792. The quantitative estimate of drug-likeness (QED) is 0.599. The number of aromatic nitrogens is 2. The molecule has 1 fully saturated rings. The van der Waals surface area contributed by atoms with Crippen molar-refractivity contribution in [3.63, 3.8) is 0 Å². The van der Waals surface area contributed by atoms with E-state index in [-0.39, 0.29) is 28.1 Å². The standard InChI is InChI=1S/C24H29ClFN5O3/c1-24(2,3)34-22(33)15-11-16(25)18(12-17(15)26)28-23-27-13-19-21(29-23)31(14-7-5-6-8-14)10-9-20(32)30(19)4/h11-14H,5-10H2,1-4H3,(H,27,28,29). The Hall–Kier alpha value is -2.94. The summed E-state index contributed by atoms with van der Waals surface area (Å²) in [4.78, 5) is 37.6. The molecular formula is C24H29ClFN5O3. The second-order valence-electron chi connectivity index (χ2n) is 9.68. The molecule has 1 N–H and O–H groups in total. The number of benzene rings is 1. The van der Waals surface area contributed by atoms with Crippen molar-refractivity contribution in [3.05, 3.63) is 34.7 Å². The van der Waals surface area contributed by atoms with Crippen LogP contribution in [0.4, 0.5) is 27.5 Å². The highest BCUT2D eigenvalue weighted by Crippen LogP contribution is 2.37. The lowest BCUT2D eigenvalue weighted by Crippen LogP contribution is -2.34. The zero-order valence-electron chi connectivity index (χ0n) is 19.8. The molecule has 1 saturated carbocycles. The van der Waals surface area contributed by atoms with Crippen molar-refractivity contribution < 1.29 is 18.7 Å². The average Bonchev–Trinajstić information content (AvgIpc) is 3.25. The maximum absolute atomic E-state index is 14.8. The molecule has 1 aliphatic heterocycles. The fourth-order valence-corrected chi connectivity index (χ4v) is 4.53. The number of hydrogen-bond donors (Lipinski definition) is 1. The molecule has 182 valence electrons. The van der Waals surface area contributed by atoms with E-state index in [1.165, 1.54) is 6.07 Å². The van der Waals surface area contributed by atoms with Gasteiger partial charge in [0.25, 0.3) is 0 Å². The third-order valence-corrected chi connectivity index (χ3v) is 6.32. The molecule has 1 aromatic heterocycles. The number of halogens is 2. The van der Waals surface area contributed by atoms with Crippen LogP contribution in [0.5, 0.6) is 0 Å². The van der Waals surface area contributed by atoms with Gasteiger partial charge in [-0.1, -0.05) is 24.4 Å². The number of ether oxygens (including phenoxy) is 1. The van der Waals surface area contributed by atoms with E-state index >= 15 is 0 Å². The maximum atomic E-state index is 14.8. The summed E-state index contributed by atoms with van der Waals surface area (Å²) in [5.41, 5.74) is -0.155. The lowest BCUT2D eigenvalue weighted by atomic mass is 10.1. The van der Waals surface area contributed by atoms with Crippen LogP contribution in [-0.4, -0.2) is 47.1 Å². The van der Waals surface area contributed by atoms with Crippen LogP contribution in [0, 0.1) is 5.82 Å². The van der Waals surface area contributed by atoms with Crippen LogP contribution in [0.25, 0.3) is 0 Å². The van der Waals surface area contributed by atoms with Crippen molar-refractivity contribution in [1.82, 2.24) is 9.97 Å². The third-order valence-electron chi connectivity index (χ3n) is 6.01. The topological polar surface area (TPSA) is 87.7 Å². The van der Waals surface area contributed by atoms with Gasteiger partial charge in [0.2, 0.25) is 11.9 Å². The van der Waals surface area contributed by atoms with Crippen LogP contribution in [0.2, 0.25) is 5.02 Å². The second-order valence-corrected chi connectivity index (χ2v) is 10.1. The highest BCUT2D eigenvalue weighted by Gasteiger charge is 2.32. The van der Waals surface area contributed by atoms with Gasteiger partial charge in [-0.15, -0.1) is 0 Å². The number of nitrogens with zero attached hydrogens (tertiary/aromatic N) is 4. The van der Waals surface area contributed by atoms with Gasteiger partial charge in [0, 0.05) is 26.1 Å².